The van der Waals surface area contributed by atoms with Gasteiger partial charge in [0, 0.05) is 12.2 Å². The van der Waals surface area contributed by atoms with Gasteiger partial charge in [0.15, 0.2) is 4.34 Å². The maximum atomic E-state index is 12.1. The van der Waals surface area contributed by atoms with Crippen LogP contribution >= 0.6 is 23.1 Å². The fourth-order valence-corrected chi connectivity index (χ4v) is 3.45. The predicted octanol–water partition coefficient (Wildman–Crippen LogP) is 3.48. The number of nitrogens with one attached hydrogen (secondary N) is 2. The molecule has 2 N–H and O–H groups in total. The normalized spacial score (nSPS) is 11.9. The zero-order valence-corrected chi connectivity index (χ0v) is 13.6. The summed E-state index contributed by atoms with van der Waals surface area (Å²) in [5.74, 6) is -0.0375. The third-order valence-corrected chi connectivity index (χ3v) is 4.69. The number of carbonyl (C=O) groups is 1. The van der Waals surface area contributed by atoms with Gasteiger partial charge in [-0.05, 0) is 25.5 Å². The SMILES string of the molecule is CCCNc1nnc(SC(C)C(=O)Nc2ccccc2)s1. The lowest BCUT2D eigenvalue weighted by Gasteiger charge is -2.09. The minimum atomic E-state index is -0.225. The molecule has 0 saturated heterocycles. The average molecular weight is 322 g/mol. The van der Waals surface area contributed by atoms with Gasteiger partial charge in [0.1, 0.15) is 0 Å². The van der Waals surface area contributed by atoms with Crippen molar-refractivity contribution in [1.29, 1.82) is 0 Å². The molecule has 1 amide bonds. The van der Waals surface area contributed by atoms with E-state index in [4.69, 9.17) is 0 Å². The summed E-state index contributed by atoms with van der Waals surface area (Å²) in [5.41, 5.74) is 0.803. The molecule has 2 rings (SSSR count). The molecule has 0 fully saturated rings. The van der Waals surface area contributed by atoms with Crippen LogP contribution in [0.25, 0.3) is 0 Å². The lowest BCUT2D eigenvalue weighted by Crippen LogP contribution is -2.22. The number of amides is 1. The van der Waals surface area contributed by atoms with Gasteiger partial charge >= 0.3 is 0 Å². The Morgan fingerprint density at radius 2 is 2.10 bits per heavy atom. The zero-order chi connectivity index (χ0) is 15.1. The second kappa shape index (κ2) is 7.99. The van der Waals surface area contributed by atoms with Crippen LogP contribution in [0.15, 0.2) is 34.7 Å². The van der Waals surface area contributed by atoms with E-state index in [1.807, 2.05) is 37.3 Å². The van der Waals surface area contributed by atoms with Crippen LogP contribution in [0.3, 0.4) is 0 Å². The summed E-state index contributed by atoms with van der Waals surface area (Å²) in [6.45, 7) is 4.84. The van der Waals surface area contributed by atoms with E-state index in [1.165, 1.54) is 23.1 Å². The van der Waals surface area contributed by atoms with Crippen molar-refractivity contribution in [3.63, 3.8) is 0 Å². The molecule has 0 bridgehead atoms. The second-order valence-electron chi connectivity index (χ2n) is 4.42. The Morgan fingerprint density at radius 3 is 2.81 bits per heavy atom. The van der Waals surface area contributed by atoms with Crippen LogP contribution in [0.5, 0.6) is 0 Å². The zero-order valence-electron chi connectivity index (χ0n) is 12.0. The Bertz CT molecular complexity index is 573. The molecule has 0 aliphatic heterocycles. The average Bonchev–Trinajstić information content (AvgIpc) is 2.93. The van der Waals surface area contributed by atoms with Crippen molar-refractivity contribution in [3.8, 4) is 0 Å². The molecule has 0 aliphatic carbocycles. The summed E-state index contributed by atoms with van der Waals surface area (Å²) in [4.78, 5) is 12.1. The molecule has 0 radical (unpaired) electrons. The van der Waals surface area contributed by atoms with Crippen LogP contribution in [0, 0.1) is 0 Å². The highest BCUT2D eigenvalue weighted by molar-refractivity contribution is 8.02. The summed E-state index contributed by atoms with van der Waals surface area (Å²) < 4.78 is 0.796. The molecule has 1 aromatic carbocycles. The number of hydrogen-bond acceptors (Lipinski definition) is 6. The monoisotopic (exact) mass is 322 g/mol. The molecule has 21 heavy (non-hydrogen) atoms. The van der Waals surface area contributed by atoms with E-state index in [0.717, 1.165) is 28.1 Å². The molecule has 0 aliphatic rings. The third-order valence-electron chi connectivity index (χ3n) is 2.62. The Morgan fingerprint density at radius 1 is 1.33 bits per heavy atom. The quantitative estimate of drug-likeness (QED) is 0.764. The minimum Gasteiger partial charge on any atom is -0.360 e. The van der Waals surface area contributed by atoms with Crippen LogP contribution in [0.4, 0.5) is 10.8 Å². The van der Waals surface area contributed by atoms with Gasteiger partial charge in [-0.3, -0.25) is 4.79 Å². The Balaban J connectivity index is 1.87. The molecule has 7 heteroatoms. The molecule has 112 valence electrons. The number of benzene rings is 1. The predicted molar refractivity (Wildman–Crippen MR) is 89.1 cm³/mol. The van der Waals surface area contributed by atoms with Crippen molar-refractivity contribution >= 4 is 39.8 Å². The highest BCUT2D eigenvalue weighted by atomic mass is 32.2. The summed E-state index contributed by atoms with van der Waals surface area (Å²) in [6.07, 6.45) is 1.04. The van der Waals surface area contributed by atoms with Crippen LogP contribution < -0.4 is 10.6 Å². The molecule has 1 atom stereocenters. The first-order valence-electron chi connectivity index (χ1n) is 6.79. The fraction of sp³-hybridized carbons (Fsp3) is 0.357. The summed E-state index contributed by atoms with van der Waals surface area (Å²) in [5, 5.41) is 14.8. The smallest absolute Gasteiger partial charge is 0.237 e. The van der Waals surface area contributed by atoms with Crippen LogP contribution in [-0.2, 0) is 4.79 Å². The summed E-state index contributed by atoms with van der Waals surface area (Å²) in [6, 6.07) is 9.44. The van der Waals surface area contributed by atoms with E-state index in [0.29, 0.717) is 0 Å². The van der Waals surface area contributed by atoms with Gasteiger partial charge in [-0.1, -0.05) is 48.2 Å². The van der Waals surface area contributed by atoms with Crippen LogP contribution in [0.1, 0.15) is 20.3 Å². The first-order valence-corrected chi connectivity index (χ1v) is 8.48. The molecule has 1 heterocycles. The van der Waals surface area contributed by atoms with Crippen LogP contribution in [-0.4, -0.2) is 27.9 Å². The molecule has 1 unspecified atom stereocenters. The largest absolute Gasteiger partial charge is 0.360 e. The van der Waals surface area contributed by atoms with E-state index in [-0.39, 0.29) is 11.2 Å². The first-order chi connectivity index (χ1) is 10.2. The first kappa shape index (κ1) is 15.8. The van der Waals surface area contributed by atoms with Gasteiger partial charge in [0.25, 0.3) is 0 Å². The van der Waals surface area contributed by atoms with E-state index in [1.54, 1.807) is 0 Å². The van der Waals surface area contributed by atoms with Gasteiger partial charge in [-0.15, -0.1) is 10.2 Å². The highest BCUT2D eigenvalue weighted by Crippen LogP contribution is 2.29. The van der Waals surface area contributed by atoms with Gasteiger partial charge in [-0.25, -0.2) is 0 Å². The van der Waals surface area contributed by atoms with Gasteiger partial charge < -0.3 is 10.6 Å². The van der Waals surface area contributed by atoms with Crippen LogP contribution in [0.2, 0.25) is 0 Å². The standard InChI is InChI=1S/C14H18N4OS2/c1-3-9-15-13-17-18-14(21-13)20-10(2)12(19)16-11-7-5-4-6-8-11/h4-8,10H,3,9H2,1-2H3,(H,15,17)(H,16,19). The summed E-state index contributed by atoms with van der Waals surface area (Å²) in [7, 11) is 0. The highest BCUT2D eigenvalue weighted by Gasteiger charge is 2.17. The Labute approximate surface area is 132 Å². The van der Waals surface area contributed by atoms with Crippen molar-refractivity contribution in [2.45, 2.75) is 29.9 Å². The topological polar surface area (TPSA) is 66.9 Å². The maximum Gasteiger partial charge on any atom is 0.237 e. The van der Waals surface area contributed by atoms with Crippen molar-refractivity contribution in [3.05, 3.63) is 30.3 Å². The maximum absolute atomic E-state index is 12.1. The number of carbonyl (C=O) groups excluding carboxylic acids is 1. The van der Waals surface area contributed by atoms with Crippen molar-refractivity contribution in [2.75, 3.05) is 17.2 Å². The van der Waals surface area contributed by atoms with E-state index in [9.17, 15) is 4.79 Å². The number of para-hydroxylation sites is 1. The Kier molecular flexibility index (Phi) is 6.01. The minimum absolute atomic E-state index is 0.0375. The van der Waals surface area contributed by atoms with Crippen molar-refractivity contribution in [1.82, 2.24) is 10.2 Å². The molecule has 5 nitrogen and oxygen atoms in total. The summed E-state index contributed by atoms with van der Waals surface area (Å²) >= 11 is 2.89. The van der Waals surface area contributed by atoms with E-state index < -0.39 is 0 Å². The lowest BCUT2D eigenvalue weighted by molar-refractivity contribution is -0.115. The number of hydrogen-bond donors (Lipinski definition) is 2. The molecule has 0 saturated carbocycles. The number of rotatable bonds is 7. The van der Waals surface area contributed by atoms with Gasteiger partial charge in [-0.2, -0.15) is 0 Å². The fourth-order valence-electron chi connectivity index (χ4n) is 1.53. The number of nitrogens with zero attached hydrogens (tertiary/aromatic N) is 2. The van der Waals surface area contributed by atoms with E-state index in [2.05, 4.69) is 27.8 Å². The lowest BCUT2D eigenvalue weighted by atomic mass is 10.3. The third kappa shape index (κ3) is 5.02. The Hall–Kier alpha value is -1.60. The van der Waals surface area contributed by atoms with Gasteiger partial charge in [0.2, 0.25) is 11.0 Å². The number of anilines is 2. The molecule has 1 aromatic heterocycles. The molecule has 2 aromatic rings. The van der Waals surface area contributed by atoms with E-state index >= 15 is 0 Å². The second-order valence-corrected chi connectivity index (χ2v) is 6.98. The molecular weight excluding hydrogens is 304 g/mol. The van der Waals surface area contributed by atoms with Gasteiger partial charge in [0.05, 0.1) is 5.25 Å². The number of aromatic nitrogens is 2. The van der Waals surface area contributed by atoms with Crippen molar-refractivity contribution in [2.24, 2.45) is 0 Å². The van der Waals surface area contributed by atoms with Crippen molar-refractivity contribution < 1.29 is 4.79 Å². The molecular formula is C14H18N4OS2. The molecule has 0 spiro atoms. The number of thioether (sulfide) groups is 1.